The third kappa shape index (κ3) is 11.0. The van der Waals surface area contributed by atoms with E-state index in [0.29, 0.717) is 0 Å². The molecule has 0 spiro atoms. The van der Waals surface area contributed by atoms with Crippen molar-refractivity contribution in [1.29, 1.82) is 0 Å². The van der Waals surface area contributed by atoms with Gasteiger partial charge in [-0.25, -0.2) is 0 Å². The van der Waals surface area contributed by atoms with E-state index in [-0.39, 0.29) is 29.6 Å². The molecular weight excluding hydrogens is 183 g/mol. The van der Waals surface area contributed by atoms with E-state index < -0.39 is 0 Å². The van der Waals surface area contributed by atoms with Gasteiger partial charge in [-0.05, 0) is 24.7 Å². The molecule has 0 bridgehead atoms. The summed E-state index contributed by atoms with van der Waals surface area (Å²) < 4.78 is 5.66. The molecule has 2 atom stereocenters. The second kappa shape index (κ2) is 12.0. The van der Waals surface area contributed by atoms with E-state index in [1.165, 1.54) is 25.7 Å². The molecule has 0 aliphatic carbocycles. The Morgan fingerprint density at radius 2 is 1.21 bits per heavy atom. The summed E-state index contributed by atoms with van der Waals surface area (Å²) in [6.07, 6.45) is 5.13. The van der Waals surface area contributed by atoms with Crippen molar-refractivity contribution >= 4 is 29.6 Å². The van der Waals surface area contributed by atoms with Crippen LogP contribution in [-0.4, -0.2) is 42.8 Å². The van der Waals surface area contributed by atoms with Crippen molar-refractivity contribution in [2.45, 2.75) is 53.4 Å². The maximum absolute atomic E-state index is 5.66. The van der Waals surface area contributed by atoms with Gasteiger partial charge in [0.2, 0.25) is 0 Å². The molecular formula is C12H26NaO. The van der Waals surface area contributed by atoms with Crippen LogP contribution in [0.1, 0.15) is 53.4 Å². The number of ether oxygens (including phenoxy) is 1. The van der Waals surface area contributed by atoms with Crippen LogP contribution in [0, 0.1) is 11.8 Å². The summed E-state index contributed by atoms with van der Waals surface area (Å²) in [4.78, 5) is 0. The molecule has 0 amide bonds. The first-order valence-corrected chi connectivity index (χ1v) is 5.78. The van der Waals surface area contributed by atoms with Crippen molar-refractivity contribution < 1.29 is 4.74 Å². The van der Waals surface area contributed by atoms with Gasteiger partial charge < -0.3 is 4.74 Å². The molecule has 0 saturated carbocycles. The van der Waals surface area contributed by atoms with Crippen LogP contribution in [0.3, 0.4) is 0 Å². The fraction of sp³-hybridized carbons (Fsp3) is 1.00. The Morgan fingerprint density at radius 1 is 0.857 bits per heavy atom. The topological polar surface area (TPSA) is 9.23 Å². The van der Waals surface area contributed by atoms with Gasteiger partial charge in [-0.1, -0.05) is 40.5 Å². The molecule has 1 radical (unpaired) electrons. The number of hydrogen-bond acceptors (Lipinski definition) is 1. The third-order valence-corrected chi connectivity index (χ3v) is 2.37. The Balaban J connectivity index is 0. The molecule has 1 nitrogen and oxygen atoms in total. The fourth-order valence-corrected chi connectivity index (χ4v) is 1.62. The minimum atomic E-state index is 0. The Kier molecular flexibility index (Phi) is 14.9. The normalized spacial score (nSPS) is 14.6. The van der Waals surface area contributed by atoms with Gasteiger partial charge in [-0.3, -0.25) is 0 Å². The van der Waals surface area contributed by atoms with E-state index in [1.54, 1.807) is 0 Å². The first-order valence-electron chi connectivity index (χ1n) is 5.78. The molecule has 0 heterocycles. The molecule has 0 fully saturated rings. The Labute approximate surface area is 112 Å². The summed E-state index contributed by atoms with van der Waals surface area (Å²) in [5.41, 5.74) is 0. The van der Waals surface area contributed by atoms with Gasteiger partial charge in [-0.15, -0.1) is 0 Å². The van der Waals surface area contributed by atoms with Crippen molar-refractivity contribution in [2.75, 3.05) is 13.2 Å². The fourth-order valence-electron chi connectivity index (χ4n) is 1.62. The molecule has 0 N–H and O–H groups in total. The SMILES string of the molecule is CCCC(C)COCC(C)CCC.[Na]. The van der Waals surface area contributed by atoms with Gasteiger partial charge in [0.15, 0.2) is 0 Å². The minimum absolute atomic E-state index is 0. The van der Waals surface area contributed by atoms with Crippen LogP contribution in [0.5, 0.6) is 0 Å². The molecule has 0 saturated heterocycles. The molecule has 0 aromatic heterocycles. The average Bonchev–Trinajstić information content (AvgIpc) is 2.05. The first-order chi connectivity index (χ1) is 6.20. The monoisotopic (exact) mass is 209 g/mol. The predicted octanol–water partition coefficient (Wildman–Crippen LogP) is 3.49. The third-order valence-electron chi connectivity index (χ3n) is 2.37. The smallest absolute Gasteiger partial charge is 0.0491 e. The summed E-state index contributed by atoms with van der Waals surface area (Å²) in [5, 5.41) is 0. The van der Waals surface area contributed by atoms with Crippen LogP contribution in [-0.2, 0) is 4.74 Å². The minimum Gasteiger partial charge on any atom is -0.381 e. The van der Waals surface area contributed by atoms with Crippen LogP contribution in [0.2, 0.25) is 0 Å². The van der Waals surface area contributed by atoms with Gasteiger partial charge in [0.05, 0.1) is 0 Å². The van der Waals surface area contributed by atoms with E-state index >= 15 is 0 Å². The van der Waals surface area contributed by atoms with Crippen LogP contribution < -0.4 is 0 Å². The van der Waals surface area contributed by atoms with Gasteiger partial charge in [0, 0.05) is 42.8 Å². The zero-order valence-electron chi connectivity index (χ0n) is 10.8. The standard InChI is InChI=1S/C12H26O.Na/c1-5-7-11(3)9-13-10-12(4)8-6-2;/h11-12H,5-10H2,1-4H3;. The maximum atomic E-state index is 5.66. The van der Waals surface area contributed by atoms with Crippen molar-refractivity contribution in [3.8, 4) is 0 Å². The van der Waals surface area contributed by atoms with Crippen molar-refractivity contribution in [1.82, 2.24) is 0 Å². The van der Waals surface area contributed by atoms with Gasteiger partial charge in [0.1, 0.15) is 0 Å². The molecule has 2 unspecified atom stereocenters. The molecule has 0 aromatic rings. The van der Waals surface area contributed by atoms with Crippen LogP contribution >= 0.6 is 0 Å². The Hall–Kier alpha value is 0.960. The van der Waals surface area contributed by atoms with Crippen LogP contribution in [0.25, 0.3) is 0 Å². The summed E-state index contributed by atoms with van der Waals surface area (Å²) in [6, 6.07) is 0. The van der Waals surface area contributed by atoms with E-state index in [1.807, 2.05) is 0 Å². The largest absolute Gasteiger partial charge is 0.381 e. The molecule has 0 aliphatic heterocycles. The molecule has 0 aliphatic rings. The Morgan fingerprint density at radius 3 is 1.50 bits per heavy atom. The zero-order chi connectivity index (χ0) is 10.1. The first kappa shape index (κ1) is 17.4. The van der Waals surface area contributed by atoms with Gasteiger partial charge in [0.25, 0.3) is 0 Å². The summed E-state index contributed by atoms with van der Waals surface area (Å²) in [7, 11) is 0. The van der Waals surface area contributed by atoms with E-state index in [9.17, 15) is 0 Å². The van der Waals surface area contributed by atoms with Crippen molar-refractivity contribution in [3.63, 3.8) is 0 Å². The van der Waals surface area contributed by atoms with Gasteiger partial charge in [-0.2, -0.15) is 0 Å². The second-order valence-corrected chi connectivity index (χ2v) is 4.33. The summed E-state index contributed by atoms with van der Waals surface area (Å²) >= 11 is 0. The van der Waals surface area contributed by atoms with Crippen molar-refractivity contribution in [3.05, 3.63) is 0 Å². The second-order valence-electron chi connectivity index (χ2n) is 4.33. The molecule has 2 heteroatoms. The molecule has 0 rings (SSSR count). The molecule has 81 valence electrons. The van der Waals surface area contributed by atoms with Crippen LogP contribution in [0.15, 0.2) is 0 Å². The maximum Gasteiger partial charge on any atom is 0.0491 e. The zero-order valence-corrected chi connectivity index (χ0v) is 12.8. The van der Waals surface area contributed by atoms with E-state index in [0.717, 1.165) is 25.0 Å². The van der Waals surface area contributed by atoms with Crippen LogP contribution in [0.4, 0.5) is 0 Å². The predicted molar refractivity (Wildman–Crippen MR) is 64.7 cm³/mol. The summed E-state index contributed by atoms with van der Waals surface area (Å²) in [6.45, 7) is 10.9. The Bertz CT molecular complexity index is 94.5. The molecule has 14 heavy (non-hydrogen) atoms. The summed E-state index contributed by atoms with van der Waals surface area (Å²) in [5.74, 6) is 1.47. The van der Waals surface area contributed by atoms with E-state index in [4.69, 9.17) is 4.74 Å². The molecule has 0 aromatic carbocycles. The van der Waals surface area contributed by atoms with Crippen molar-refractivity contribution in [2.24, 2.45) is 11.8 Å². The quantitative estimate of drug-likeness (QED) is 0.556. The van der Waals surface area contributed by atoms with Gasteiger partial charge >= 0.3 is 0 Å². The number of hydrogen-bond donors (Lipinski definition) is 0. The van der Waals surface area contributed by atoms with E-state index in [2.05, 4.69) is 27.7 Å². The number of rotatable bonds is 8. The average molecular weight is 209 g/mol.